The van der Waals surface area contributed by atoms with Gasteiger partial charge in [0.25, 0.3) is 0 Å². The summed E-state index contributed by atoms with van der Waals surface area (Å²) in [6, 6.07) is 6.92. The van der Waals surface area contributed by atoms with Crippen molar-refractivity contribution in [2.24, 2.45) is 0 Å². The first kappa shape index (κ1) is 14.0. The highest BCUT2D eigenvalue weighted by molar-refractivity contribution is 7.92. The molecule has 95 valence electrons. The molecule has 0 saturated heterocycles. The first-order chi connectivity index (χ1) is 8.07. The fourth-order valence-electron chi connectivity index (χ4n) is 1.42. The number of nitrogens with one attached hydrogen (secondary N) is 1. The molecule has 0 unspecified atom stereocenters. The van der Waals surface area contributed by atoms with Crippen molar-refractivity contribution in [2.75, 3.05) is 17.1 Å². The Morgan fingerprint density at radius 2 is 1.82 bits per heavy atom. The molecular weight excluding hydrogens is 238 g/mol. The molecule has 0 atom stereocenters. The van der Waals surface area contributed by atoms with Crippen molar-refractivity contribution in [3.63, 3.8) is 0 Å². The standard InChI is InChI=1S/C12H18NO3S/c1-2-3-10-17(15,16)13-12-6-4-11(5-7-12)8-9-14/h4-7,13H,2-3,8-10H2,1H3. The minimum absolute atomic E-state index is 0.145. The van der Waals surface area contributed by atoms with Crippen LogP contribution in [0.25, 0.3) is 0 Å². The molecule has 0 aliphatic carbocycles. The van der Waals surface area contributed by atoms with E-state index in [9.17, 15) is 13.5 Å². The van der Waals surface area contributed by atoms with E-state index in [-0.39, 0.29) is 12.4 Å². The van der Waals surface area contributed by atoms with Gasteiger partial charge < -0.3 is 0 Å². The highest BCUT2D eigenvalue weighted by atomic mass is 32.2. The van der Waals surface area contributed by atoms with Gasteiger partial charge in [-0.05, 0) is 30.5 Å². The molecule has 5 heteroatoms. The second-order valence-electron chi connectivity index (χ2n) is 3.93. The van der Waals surface area contributed by atoms with Gasteiger partial charge in [0.2, 0.25) is 10.0 Å². The molecule has 1 aromatic rings. The molecule has 17 heavy (non-hydrogen) atoms. The zero-order valence-electron chi connectivity index (χ0n) is 9.98. The second kappa shape index (κ2) is 6.61. The molecule has 0 aromatic heterocycles. The van der Waals surface area contributed by atoms with Crippen LogP contribution in [0.5, 0.6) is 0 Å². The zero-order valence-corrected chi connectivity index (χ0v) is 10.8. The molecule has 4 nitrogen and oxygen atoms in total. The van der Waals surface area contributed by atoms with Gasteiger partial charge in [-0.3, -0.25) is 4.72 Å². The Morgan fingerprint density at radius 1 is 1.18 bits per heavy atom. The van der Waals surface area contributed by atoms with Gasteiger partial charge in [-0.15, -0.1) is 0 Å². The van der Waals surface area contributed by atoms with E-state index >= 15 is 0 Å². The molecule has 1 aromatic carbocycles. The monoisotopic (exact) mass is 256 g/mol. The van der Waals surface area contributed by atoms with Gasteiger partial charge in [0.1, 0.15) is 0 Å². The van der Waals surface area contributed by atoms with Crippen molar-refractivity contribution >= 4 is 15.7 Å². The normalized spacial score (nSPS) is 11.4. The van der Waals surface area contributed by atoms with Crippen molar-refractivity contribution < 1.29 is 13.5 Å². The van der Waals surface area contributed by atoms with E-state index < -0.39 is 10.0 Å². The summed E-state index contributed by atoms with van der Waals surface area (Å²) in [5.74, 6) is 0.145. The summed E-state index contributed by atoms with van der Waals surface area (Å²) in [6.07, 6.45) is 1.98. The van der Waals surface area contributed by atoms with E-state index in [2.05, 4.69) is 4.72 Å². The smallest absolute Gasteiger partial charge is 0.232 e. The van der Waals surface area contributed by atoms with Crippen LogP contribution in [0.3, 0.4) is 0 Å². The average Bonchev–Trinajstić information content (AvgIpc) is 2.29. The van der Waals surface area contributed by atoms with Crippen molar-refractivity contribution in [2.45, 2.75) is 26.2 Å². The minimum Gasteiger partial charge on any atom is -0.284 e. The Morgan fingerprint density at radius 3 is 2.35 bits per heavy atom. The highest BCUT2D eigenvalue weighted by Gasteiger charge is 2.08. The summed E-state index contributed by atoms with van der Waals surface area (Å²) in [7, 11) is -3.23. The van der Waals surface area contributed by atoms with Crippen LogP contribution in [-0.2, 0) is 21.6 Å². The molecule has 1 radical (unpaired) electrons. The van der Waals surface area contributed by atoms with Crippen molar-refractivity contribution in [1.82, 2.24) is 0 Å². The van der Waals surface area contributed by atoms with Crippen molar-refractivity contribution in [3.05, 3.63) is 29.8 Å². The maximum Gasteiger partial charge on any atom is 0.232 e. The predicted molar refractivity (Wildman–Crippen MR) is 68.0 cm³/mol. The fourth-order valence-corrected chi connectivity index (χ4v) is 2.69. The molecule has 1 rings (SSSR count). The van der Waals surface area contributed by atoms with Gasteiger partial charge in [-0.25, -0.2) is 13.5 Å². The number of unbranched alkanes of at least 4 members (excludes halogenated alkanes) is 1. The second-order valence-corrected chi connectivity index (χ2v) is 5.77. The lowest BCUT2D eigenvalue weighted by atomic mass is 10.1. The molecule has 0 fully saturated rings. The van der Waals surface area contributed by atoms with E-state index in [4.69, 9.17) is 0 Å². The first-order valence-electron chi connectivity index (χ1n) is 5.75. The lowest BCUT2D eigenvalue weighted by molar-refractivity contribution is 0.197. The van der Waals surface area contributed by atoms with Crippen LogP contribution in [0.1, 0.15) is 25.3 Å². The van der Waals surface area contributed by atoms with E-state index in [0.717, 1.165) is 12.0 Å². The van der Waals surface area contributed by atoms with Crippen LogP contribution in [-0.4, -0.2) is 20.8 Å². The molecule has 0 aliphatic heterocycles. The van der Waals surface area contributed by atoms with E-state index in [1.54, 1.807) is 24.3 Å². The Hall–Kier alpha value is -1.07. The quantitative estimate of drug-likeness (QED) is 0.812. The topological polar surface area (TPSA) is 66.1 Å². The number of anilines is 1. The Kier molecular flexibility index (Phi) is 5.44. The van der Waals surface area contributed by atoms with Gasteiger partial charge in [-0.2, -0.15) is 0 Å². The Labute approximate surface area is 103 Å². The molecule has 0 amide bonds. The van der Waals surface area contributed by atoms with Crippen LogP contribution in [0.15, 0.2) is 24.3 Å². The number of benzene rings is 1. The fraction of sp³-hybridized carbons (Fsp3) is 0.500. The maximum atomic E-state index is 11.6. The predicted octanol–water partition coefficient (Wildman–Crippen LogP) is 2.20. The summed E-state index contributed by atoms with van der Waals surface area (Å²) in [6.45, 7) is 1.80. The van der Waals surface area contributed by atoms with Crippen LogP contribution >= 0.6 is 0 Å². The average molecular weight is 256 g/mol. The van der Waals surface area contributed by atoms with Crippen LogP contribution in [0.2, 0.25) is 0 Å². The number of rotatable bonds is 7. The van der Waals surface area contributed by atoms with Gasteiger partial charge in [-0.1, -0.05) is 25.5 Å². The van der Waals surface area contributed by atoms with Crippen LogP contribution in [0.4, 0.5) is 5.69 Å². The Balaban J connectivity index is 2.62. The van der Waals surface area contributed by atoms with Crippen LogP contribution < -0.4 is 4.72 Å². The molecule has 0 spiro atoms. The summed E-state index contributed by atoms with van der Waals surface area (Å²) in [5, 5.41) is 10.4. The number of hydrogen-bond acceptors (Lipinski definition) is 2. The minimum atomic E-state index is -3.23. The first-order valence-corrected chi connectivity index (χ1v) is 7.40. The molecular formula is C12H18NO3S. The van der Waals surface area contributed by atoms with Gasteiger partial charge >= 0.3 is 0 Å². The SMILES string of the molecule is CCCCS(=O)(=O)Nc1ccc(CC[O])cc1. The van der Waals surface area contributed by atoms with E-state index in [1.165, 1.54) is 0 Å². The molecule has 0 aliphatic rings. The lowest BCUT2D eigenvalue weighted by Crippen LogP contribution is -2.16. The molecule has 0 bridgehead atoms. The van der Waals surface area contributed by atoms with Crippen LogP contribution in [0, 0.1) is 0 Å². The molecule has 0 saturated carbocycles. The van der Waals surface area contributed by atoms with E-state index in [1.807, 2.05) is 6.92 Å². The molecule has 1 N–H and O–H groups in total. The third-order valence-electron chi connectivity index (χ3n) is 2.38. The lowest BCUT2D eigenvalue weighted by Gasteiger charge is -2.07. The summed E-state index contributed by atoms with van der Waals surface area (Å²) in [5.41, 5.74) is 1.48. The number of hydrogen-bond donors (Lipinski definition) is 1. The van der Waals surface area contributed by atoms with Gasteiger partial charge in [0.15, 0.2) is 0 Å². The summed E-state index contributed by atoms with van der Waals surface area (Å²) >= 11 is 0. The highest BCUT2D eigenvalue weighted by Crippen LogP contribution is 2.12. The number of sulfonamides is 1. The zero-order chi connectivity index (χ0) is 12.7. The van der Waals surface area contributed by atoms with Gasteiger partial charge in [0.05, 0.1) is 12.4 Å². The van der Waals surface area contributed by atoms with Gasteiger partial charge in [0, 0.05) is 5.69 Å². The van der Waals surface area contributed by atoms with E-state index in [0.29, 0.717) is 18.5 Å². The third-order valence-corrected chi connectivity index (χ3v) is 3.76. The molecule has 0 heterocycles. The van der Waals surface area contributed by atoms with Crippen molar-refractivity contribution in [1.29, 1.82) is 0 Å². The summed E-state index contributed by atoms with van der Waals surface area (Å²) in [4.78, 5) is 0. The Bertz CT molecular complexity index is 426. The largest absolute Gasteiger partial charge is 0.284 e. The third kappa shape index (κ3) is 5.19. The van der Waals surface area contributed by atoms with Crippen molar-refractivity contribution in [3.8, 4) is 0 Å². The summed E-state index contributed by atoms with van der Waals surface area (Å²) < 4.78 is 25.7. The maximum absolute atomic E-state index is 11.6.